The van der Waals surface area contributed by atoms with E-state index in [9.17, 15) is 9.90 Å². The van der Waals surface area contributed by atoms with Crippen LogP contribution in [0.25, 0.3) is 10.9 Å². The third-order valence-electron chi connectivity index (χ3n) is 6.62. The first-order chi connectivity index (χ1) is 13.9. The van der Waals surface area contributed by atoms with Crippen LogP contribution in [0.4, 0.5) is 0 Å². The molecule has 0 spiro atoms. The van der Waals surface area contributed by atoms with Crippen LogP contribution in [0, 0.1) is 19.8 Å². The van der Waals surface area contributed by atoms with Gasteiger partial charge in [-0.2, -0.15) is 0 Å². The van der Waals surface area contributed by atoms with Crippen molar-refractivity contribution in [1.82, 2.24) is 9.88 Å². The lowest BCUT2D eigenvalue weighted by atomic mass is 9.78. The Hall–Kier alpha value is -2.59. The van der Waals surface area contributed by atoms with E-state index in [1.807, 2.05) is 18.3 Å². The monoisotopic (exact) mass is 390 g/mol. The van der Waals surface area contributed by atoms with Crippen molar-refractivity contribution in [3.05, 3.63) is 70.4 Å². The van der Waals surface area contributed by atoms with Gasteiger partial charge in [-0.3, -0.25) is 0 Å². The van der Waals surface area contributed by atoms with Crippen molar-refractivity contribution < 1.29 is 9.90 Å². The Balaban J connectivity index is 1.70. The van der Waals surface area contributed by atoms with E-state index in [2.05, 4.69) is 42.9 Å². The van der Waals surface area contributed by atoms with Crippen LogP contribution < -0.4 is 0 Å². The van der Waals surface area contributed by atoms with E-state index in [1.165, 1.54) is 46.0 Å². The maximum atomic E-state index is 11.3. The molecule has 1 aliphatic rings. The van der Waals surface area contributed by atoms with Crippen molar-refractivity contribution in [1.29, 1.82) is 0 Å². The zero-order valence-corrected chi connectivity index (χ0v) is 17.5. The van der Waals surface area contributed by atoms with E-state index in [-0.39, 0.29) is 0 Å². The molecule has 29 heavy (non-hydrogen) atoms. The maximum absolute atomic E-state index is 11.3. The molecule has 2 atom stereocenters. The minimum Gasteiger partial charge on any atom is -0.478 e. The summed E-state index contributed by atoms with van der Waals surface area (Å²) in [5, 5.41) is 10.6. The number of aromatic nitrogens is 1. The fourth-order valence-corrected chi connectivity index (χ4v) is 5.07. The van der Waals surface area contributed by atoms with Gasteiger partial charge in [0.15, 0.2) is 0 Å². The Morgan fingerprint density at radius 3 is 2.66 bits per heavy atom. The van der Waals surface area contributed by atoms with Gasteiger partial charge >= 0.3 is 5.97 Å². The van der Waals surface area contributed by atoms with Crippen molar-refractivity contribution in [3.63, 3.8) is 0 Å². The van der Waals surface area contributed by atoms with Crippen LogP contribution in [-0.4, -0.2) is 41.1 Å². The Bertz CT molecular complexity index is 1020. The zero-order chi connectivity index (χ0) is 20.5. The van der Waals surface area contributed by atoms with Gasteiger partial charge in [-0.15, -0.1) is 0 Å². The highest BCUT2D eigenvalue weighted by Gasteiger charge is 2.28. The largest absolute Gasteiger partial charge is 0.478 e. The molecular formula is C25H30N2O2. The van der Waals surface area contributed by atoms with Crippen molar-refractivity contribution >= 4 is 16.9 Å². The first kappa shape index (κ1) is 19.7. The van der Waals surface area contributed by atoms with Crippen LogP contribution in [0.3, 0.4) is 0 Å². The van der Waals surface area contributed by atoms with Crippen molar-refractivity contribution in [2.75, 3.05) is 20.1 Å². The van der Waals surface area contributed by atoms with Crippen molar-refractivity contribution in [2.45, 2.75) is 39.0 Å². The predicted octanol–water partition coefficient (Wildman–Crippen LogP) is 5.15. The average Bonchev–Trinajstić information content (AvgIpc) is 3.11. The number of nitrogens with zero attached hydrogens (tertiary/aromatic N) is 1. The first-order valence-corrected chi connectivity index (χ1v) is 10.5. The van der Waals surface area contributed by atoms with Gasteiger partial charge in [-0.05, 0) is 99.0 Å². The van der Waals surface area contributed by atoms with Crippen LogP contribution in [0.2, 0.25) is 0 Å². The average molecular weight is 391 g/mol. The molecule has 0 bridgehead atoms. The molecule has 0 unspecified atom stereocenters. The number of hydrogen-bond acceptors (Lipinski definition) is 2. The molecule has 0 saturated carbocycles. The number of hydrogen-bond donors (Lipinski definition) is 2. The number of aryl methyl sites for hydroxylation is 2. The molecule has 4 nitrogen and oxygen atoms in total. The van der Waals surface area contributed by atoms with Crippen LogP contribution in [-0.2, 0) is 6.42 Å². The highest BCUT2D eigenvalue weighted by atomic mass is 16.4. The molecule has 0 amide bonds. The van der Waals surface area contributed by atoms with Crippen LogP contribution in [0.5, 0.6) is 0 Å². The van der Waals surface area contributed by atoms with E-state index >= 15 is 0 Å². The summed E-state index contributed by atoms with van der Waals surface area (Å²) in [7, 11) is 2.20. The second kappa shape index (κ2) is 8.03. The maximum Gasteiger partial charge on any atom is 0.335 e. The molecule has 0 aliphatic carbocycles. The third-order valence-corrected chi connectivity index (χ3v) is 6.62. The predicted molar refractivity (Wildman–Crippen MR) is 118 cm³/mol. The van der Waals surface area contributed by atoms with Gasteiger partial charge in [-0.25, -0.2) is 4.79 Å². The number of likely N-dealkylation sites (N-methyl/N-ethyl adjacent to an activating group) is 1. The number of rotatable bonds is 4. The SMILES string of the molecule is Cc1cc(C)c2[nH]ccc2c1C[C@@H]1CCCN(C)C[C@H]1c1ccc(C(=O)O)cc1. The molecule has 1 fully saturated rings. The highest BCUT2D eigenvalue weighted by molar-refractivity contribution is 5.88. The molecule has 1 aliphatic heterocycles. The number of H-pyrrole nitrogens is 1. The molecule has 1 aromatic heterocycles. The van der Waals surface area contributed by atoms with Gasteiger partial charge in [0.1, 0.15) is 0 Å². The van der Waals surface area contributed by atoms with Crippen LogP contribution >= 0.6 is 0 Å². The molecule has 2 aromatic carbocycles. The van der Waals surface area contributed by atoms with Crippen molar-refractivity contribution in [2.24, 2.45) is 5.92 Å². The topological polar surface area (TPSA) is 56.3 Å². The molecule has 2 heterocycles. The van der Waals surface area contributed by atoms with E-state index in [1.54, 1.807) is 12.1 Å². The molecule has 4 heteroatoms. The van der Waals surface area contributed by atoms with E-state index in [0.717, 1.165) is 19.5 Å². The molecular weight excluding hydrogens is 360 g/mol. The number of benzene rings is 2. The Kier molecular flexibility index (Phi) is 5.46. The number of likely N-dealkylation sites (tertiary alicyclic amines) is 1. The number of fused-ring (bicyclic) bond motifs is 1. The molecule has 152 valence electrons. The lowest BCUT2D eigenvalue weighted by Gasteiger charge is -2.28. The summed E-state index contributed by atoms with van der Waals surface area (Å²) in [5.41, 5.74) is 6.98. The Morgan fingerprint density at radius 1 is 1.17 bits per heavy atom. The normalized spacial score (nSPS) is 20.7. The third kappa shape index (κ3) is 3.95. The van der Waals surface area contributed by atoms with Gasteiger partial charge in [-0.1, -0.05) is 18.2 Å². The highest BCUT2D eigenvalue weighted by Crippen LogP contribution is 2.37. The molecule has 4 rings (SSSR count). The van der Waals surface area contributed by atoms with Gasteiger partial charge in [0, 0.05) is 23.6 Å². The standard InChI is InChI=1S/C25H30N2O2/c1-16-13-17(2)24-21(10-11-26-24)22(16)14-20-5-4-12-27(3)15-23(20)18-6-8-19(9-7-18)25(28)29/h6-11,13,20,23,26H,4-5,12,14-15H2,1-3H3,(H,28,29)/t20-,23-/m0/s1. The lowest BCUT2D eigenvalue weighted by Crippen LogP contribution is -2.26. The van der Waals surface area contributed by atoms with Gasteiger partial charge in [0.05, 0.1) is 5.56 Å². The summed E-state index contributed by atoms with van der Waals surface area (Å²) >= 11 is 0. The second-order valence-electron chi connectivity index (χ2n) is 8.66. The molecule has 2 N–H and O–H groups in total. The van der Waals surface area contributed by atoms with E-state index in [0.29, 0.717) is 17.4 Å². The minimum atomic E-state index is -0.865. The number of carboxylic acids is 1. The van der Waals surface area contributed by atoms with E-state index < -0.39 is 5.97 Å². The van der Waals surface area contributed by atoms with E-state index in [4.69, 9.17) is 0 Å². The lowest BCUT2D eigenvalue weighted by molar-refractivity contribution is 0.0697. The van der Waals surface area contributed by atoms with Gasteiger partial charge in [0.25, 0.3) is 0 Å². The summed E-state index contributed by atoms with van der Waals surface area (Å²) in [6.07, 6.45) is 5.49. The molecule has 0 radical (unpaired) electrons. The van der Waals surface area contributed by atoms with Gasteiger partial charge < -0.3 is 15.0 Å². The fraction of sp³-hybridized carbons (Fsp3) is 0.400. The summed E-state index contributed by atoms with van der Waals surface area (Å²) in [5.74, 6) is 0.0754. The fourth-order valence-electron chi connectivity index (χ4n) is 5.07. The second-order valence-corrected chi connectivity index (χ2v) is 8.66. The smallest absolute Gasteiger partial charge is 0.335 e. The number of nitrogens with one attached hydrogen (secondary N) is 1. The molecule has 3 aromatic rings. The molecule has 1 saturated heterocycles. The van der Waals surface area contributed by atoms with Gasteiger partial charge in [0.2, 0.25) is 0 Å². The zero-order valence-electron chi connectivity index (χ0n) is 17.5. The summed E-state index contributed by atoms with van der Waals surface area (Å²) < 4.78 is 0. The number of carbonyl (C=O) groups is 1. The number of aromatic amines is 1. The number of carboxylic acid groups (broad SMARTS) is 1. The van der Waals surface area contributed by atoms with Crippen molar-refractivity contribution in [3.8, 4) is 0 Å². The summed E-state index contributed by atoms with van der Waals surface area (Å²) in [6, 6.07) is 12.1. The minimum absolute atomic E-state index is 0.357. The first-order valence-electron chi connectivity index (χ1n) is 10.5. The Labute approximate surface area is 172 Å². The summed E-state index contributed by atoms with van der Waals surface area (Å²) in [4.78, 5) is 17.1. The summed E-state index contributed by atoms with van der Waals surface area (Å²) in [6.45, 7) is 6.53. The van der Waals surface area contributed by atoms with Crippen LogP contribution in [0.15, 0.2) is 42.6 Å². The van der Waals surface area contributed by atoms with Crippen LogP contribution in [0.1, 0.15) is 51.4 Å². The Morgan fingerprint density at radius 2 is 1.93 bits per heavy atom. The quantitative estimate of drug-likeness (QED) is 0.648. The number of aromatic carboxylic acids is 1.